The molecule has 1 N–H and O–H groups in total. The molecule has 1 fully saturated rings. The zero-order chi connectivity index (χ0) is 24.4. The summed E-state index contributed by atoms with van der Waals surface area (Å²) in [4.78, 5) is 24.1. The fourth-order valence-electron chi connectivity index (χ4n) is 4.63. The second kappa shape index (κ2) is 9.92. The molecule has 4 aromatic rings. The molecule has 1 unspecified atom stereocenters. The molecule has 1 atom stereocenters. The van der Waals surface area contributed by atoms with E-state index in [-0.39, 0.29) is 24.4 Å². The number of halogens is 1. The van der Waals surface area contributed by atoms with E-state index in [4.69, 9.17) is 26.3 Å². The van der Waals surface area contributed by atoms with Gasteiger partial charge in [-0.25, -0.2) is 14.8 Å². The first-order chi connectivity index (χ1) is 17.0. The first-order valence-corrected chi connectivity index (χ1v) is 12.1. The van der Waals surface area contributed by atoms with Crippen LogP contribution >= 0.6 is 11.6 Å². The smallest absolute Gasteiger partial charge is 0.410 e. The number of piperidine rings is 1. The summed E-state index contributed by atoms with van der Waals surface area (Å²) < 4.78 is 5.54. The van der Waals surface area contributed by atoms with Crippen molar-refractivity contribution in [2.24, 2.45) is 0 Å². The monoisotopic (exact) mass is 487 g/mol. The number of likely N-dealkylation sites (tertiary alicyclic amines) is 1. The number of nitrogens with zero attached hydrogens (tertiary/aromatic N) is 3. The number of phenolic OH excluding ortho intramolecular Hbond substituents is 1. The van der Waals surface area contributed by atoms with Crippen molar-refractivity contribution in [3.63, 3.8) is 0 Å². The third-order valence-electron chi connectivity index (χ3n) is 6.41. The Kier molecular flexibility index (Phi) is 6.55. The van der Waals surface area contributed by atoms with E-state index < -0.39 is 0 Å². The number of carbonyl (C=O) groups excluding carboxylic acids is 1. The first kappa shape index (κ1) is 23.1. The van der Waals surface area contributed by atoms with Gasteiger partial charge in [0, 0.05) is 40.7 Å². The van der Waals surface area contributed by atoms with E-state index in [1.807, 2.05) is 61.5 Å². The molecular formula is C28H26ClN3O3. The molecule has 0 saturated carbocycles. The van der Waals surface area contributed by atoms with E-state index in [0.717, 1.165) is 35.0 Å². The van der Waals surface area contributed by atoms with E-state index in [9.17, 15) is 9.90 Å². The van der Waals surface area contributed by atoms with Crippen LogP contribution in [0.5, 0.6) is 5.75 Å². The lowest BCUT2D eigenvalue weighted by molar-refractivity contribution is 0.0856. The van der Waals surface area contributed by atoms with Crippen LogP contribution in [0.25, 0.3) is 22.3 Å². The first-order valence-electron chi connectivity index (χ1n) is 11.7. The molecule has 2 aromatic carbocycles. The van der Waals surface area contributed by atoms with E-state index in [2.05, 4.69) is 0 Å². The Labute approximate surface area is 209 Å². The molecule has 6 nitrogen and oxygen atoms in total. The number of pyridine rings is 2. The third-order valence-corrected chi connectivity index (χ3v) is 6.63. The van der Waals surface area contributed by atoms with Crippen LogP contribution < -0.4 is 0 Å². The summed E-state index contributed by atoms with van der Waals surface area (Å²) in [6.07, 6.45) is 1.53. The fourth-order valence-corrected chi connectivity index (χ4v) is 4.90. The van der Waals surface area contributed by atoms with Crippen LogP contribution in [0.1, 0.15) is 35.6 Å². The lowest BCUT2D eigenvalue weighted by Gasteiger charge is -2.31. The Morgan fingerprint density at radius 1 is 1.11 bits per heavy atom. The zero-order valence-electron chi connectivity index (χ0n) is 19.4. The SMILES string of the molecule is Cc1cc(Cl)cc(O)c1-c1ccc2ccc(C3CCCN(C(=O)OCc4ccccc4)C3)nc2n1. The molecule has 0 aliphatic carbocycles. The molecule has 0 bridgehead atoms. The van der Waals surface area contributed by atoms with Crippen LogP contribution in [0.3, 0.4) is 0 Å². The molecule has 178 valence electrons. The highest BCUT2D eigenvalue weighted by molar-refractivity contribution is 6.31. The summed E-state index contributed by atoms with van der Waals surface area (Å²) in [5.74, 6) is 0.198. The number of aryl methyl sites for hydroxylation is 1. The maximum atomic E-state index is 12.7. The van der Waals surface area contributed by atoms with Gasteiger partial charge in [0.1, 0.15) is 12.4 Å². The maximum absolute atomic E-state index is 12.7. The maximum Gasteiger partial charge on any atom is 0.410 e. The topological polar surface area (TPSA) is 75.5 Å². The number of phenols is 1. The second-order valence-electron chi connectivity index (χ2n) is 8.92. The molecule has 5 rings (SSSR count). The lowest BCUT2D eigenvalue weighted by Crippen LogP contribution is -2.39. The highest BCUT2D eigenvalue weighted by Crippen LogP contribution is 2.35. The zero-order valence-corrected chi connectivity index (χ0v) is 20.2. The van der Waals surface area contributed by atoms with Crippen LogP contribution in [-0.2, 0) is 11.3 Å². The van der Waals surface area contributed by atoms with Gasteiger partial charge in [0.05, 0.1) is 5.69 Å². The minimum Gasteiger partial charge on any atom is -0.507 e. The van der Waals surface area contributed by atoms with Gasteiger partial charge in [-0.3, -0.25) is 0 Å². The number of carbonyl (C=O) groups is 1. The number of aromatic hydroxyl groups is 1. The van der Waals surface area contributed by atoms with Crippen molar-refractivity contribution >= 4 is 28.7 Å². The highest BCUT2D eigenvalue weighted by Gasteiger charge is 2.27. The highest BCUT2D eigenvalue weighted by atomic mass is 35.5. The van der Waals surface area contributed by atoms with Crippen LogP contribution in [0.4, 0.5) is 4.79 Å². The molecule has 3 heterocycles. The van der Waals surface area contributed by atoms with Gasteiger partial charge in [0.2, 0.25) is 0 Å². The average molecular weight is 488 g/mol. The summed E-state index contributed by atoms with van der Waals surface area (Å²) in [5, 5.41) is 11.9. The van der Waals surface area contributed by atoms with Crippen molar-refractivity contribution in [3.8, 4) is 17.0 Å². The number of hydrogen-bond donors (Lipinski definition) is 1. The number of aromatic nitrogens is 2. The van der Waals surface area contributed by atoms with Crippen LogP contribution in [-0.4, -0.2) is 39.2 Å². The molecule has 1 saturated heterocycles. The predicted molar refractivity (Wildman–Crippen MR) is 137 cm³/mol. The van der Waals surface area contributed by atoms with E-state index in [1.54, 1.807) is 11.0 Å². The molecule has 1 aliphatic rings. The van der Waals surface area contributed by atoms with Gasteiger partial charge < -0.3 is 14.7 Å². The number of rotatable bonds is 4. The number of amides is 1. The molecule has 0 radical (unpaired) electrons. The van der Waals surface area contributed by atoms with E-state index in [1.165, 1.54) is 6.07 Å². The molecule has 1 aliphatic heterocycles. The van der Waals surface area contributed by atoms with Crippen molar-refractivity contribution in [1.82, 2.24) is 14.9 Å². The quantitative estimate of drug-likeness (QED) is 0.356. The standard InChI is InChI=1S/C28H26ClN3O3/c1-18-14-22(29)15-25(33)26(18)24-12-10-20-9-11-23(30-27(20)31-24)21-8-5-13-32(16-21)28(34)35-17-19-6-3-2-4-7-19/h2-4,6-7,9-12,14-15,21,33H,5,8,13,16-17H2,1H3. The summed E-state index contributed by atoms with van der Waals surface area (Å²) in [5.41, 5.74) is 4.61. The number of benzene rings is 2. The average Bonchev–Trinajstić information content (AvgIpc) is 2.87. The van der Waals surface area contributed by atoms with Crippen molar-refractivity contribution in [2.45, 2.75) is 32.3 Å². The van der Waals surface area contributed by atoms with Gasteiger partial charge in [0.25, 0.3) is 0 Å². The Hall–Kier alpha value is -3.64. The van der Waals surface area contributed by atoms with E-state index >= 15 is 0 Å². The van der Waals surface area contributed by atoms with E-state index in [0.29, 0.717) is 35.0 Å². The molecule has 2 aromatic heterocycles. The van der Waals surface area contributed by atoms with Gasteiger partial charge in [-0.15, -0.1) is 0 Å². The van der Waals surface area contributed by atoms with Crippen molar-refractivity contribution in [3.05, 3.63) is 88.6 Å². The Morgan fingerprint density at radius 2 is 1.91 bits per heavy atom. The molecule has 1 amide bonds. The Morgan fingerprint density at radius 3 is 2.71 bits per heavy atom. The van der Waals surface area contributed by atoms with Crippen LogP contribution in [0, 0.1) is 6.92 Å². The number of fused-ring (bicyclic) bond motifs is 1. The summed E-state index contributed by atoms with van der Waals surface area (Å²) in [6, 6.07) is 20.9. The lowest BCUT2D eigenvalue weighted by atomic mass is 9.94. The summed E-state index contributed by atoms with van der Waals surface area (Å²) in [6.45, 7) is 3.39. The van der Waals surface area contributed by atoms with Crippen LogP contribution in [0.15, 0.2) is 66.7 Å². The van der Waals surface area contributed by atoms with Gasteiger partial charge in [0.15, 0.2) is 5.65 Å². The van der Waals surface area contributed by atoms with Gasteiger partial charge >= 0.3 is 6.09 Å². The molecule has 0 spiro atoms. The number of hydrogen-bond acceptors (Lipinski definition) is 5. The van der Waals surface area contributed by atoms with Gasteiger partial charge in [-0.1, -0.05) is 41.9 Å². The predicted octanol–water partition coefficient (Wildman–Crippen LogP) is 6.48. The third kappa shape index (κ3) is 5.08. The van der Waals surface area contributed by atoms with Gasteiger partial charge in [-0.2, -0.15) is 0 Å². The Bertz CT molecular complexity index is 1350. The normalized spacial score (nSPS) is 15.8. The largest absolute Gasteiger partial charge is 0.507 e. The minimum atomic E-state index is -0.298. The molecule has 7 heteroatoms. The van der Waals surface area contributed by atoms with Crippen molar-refractivity contribution in [2.75, 3.05) is 13.1 Å². The minimum absolute atomic E-state index is 0.0925. The van der Waals surface area contributed by atoms with Crippen LogP contribution in [0.2, 0.25) is 5.02 Å². The fraction of sp³-hybridized carbons (Fsp3) is 0.250. The van der Waals surface area contributed by atoms with Crippen molar-refractivity contribution in [1.29, 1.82) is 0 Å². The molecule has 35 heavy (non-hydrogen) atoms. The Balaban J connectivity index is 1.35. The summed E-state index contributed by atoms with van der Waals surface area (Å²) in [7, 11) is 0. The number of ether oxygens (including phenoxy) is 1. The summed E-state index contributed by atoms with van der Waals surface area (Å²) >= 11 is 6.07. The second-order valence-corrected chi connectivity index (χ2v) is 9.36. The van der Waals surface area contributed by atoms with Gasteiger partial charge in [-0.05, 0) is 67.3 Å². The molecular weight excluding hydrogens is 462 g/mol. The van der Waals surface area contributed by atoms with Crippen molar-refractivity contribution < 1.29 is 14.6 Å².